The van der Waals surface area contributed by atoms with Crippen molar-refractivity contribution in [2.24, 2.45) is 0 Å². The molecule has 62 heavy (non-hydrogen) atoms. The third-order valence-corrected chi connectivity index (χ3v) is 17.3. The van der Waals surface area contributed by atoms with E-state index in [0.29, 0.717) is 37.2 Å². The van der Waals surface area contributed by atoms with Gasteiger partial charge in [0.05, 0.1) is 27.4 Å². The normalized spacial score (nSPS) is 28.4. The Bertz CT molecular complexity index is 2180. The first-order valence-corrected chi connectivity index (χ1v) is 22.6. The number of aryl methyl sites for hydroxylation is 2. The molecular weight excluding hydrogens is 825 g/mol. The molecule has 6 saturated heterocycles. The number of carbonyl (C=O) groups is 4. The van der Waals surface area contributed by atoms with Gasteiger partial charge in [0, 0.05) is 51.5 Å². The number of amides is 4. The standard InChI is InChI=1S/C48H54N4O8S2/c1-49-43(57)47(29-53)51(3)41(55)45(49,27-39(61-47)35-17-21-37(59-5)22-18-35)25-33-13-9-31(10-14-33)7-8-32-11-15-34(16-12-32)26-46-28-40(36-19-23-38(60-6)24-20-36)62-48(30-54,44(58)50(46)2)52(4)42(46)56/h9-24,39-40,53-54H,7-8,25-30H2,1-6H3/t39?,40?,45-,46-,47-,48-/m1/s1. The smallest absolute Gasteiger partial charge is 0.262 e. The van der Waals surface area contributed by atoms with Crippen LogP contribution in [0.15, 0.2) is 97.1 Å². The maximum Gasteiger partial charge on any atom is 0.262 e. The number of thioether (sulfide) groups is 2. The Morgan fingerprint density at radius 2 is 0.823 bits per heavy atom. The topological polar surface area (TPSA) is 140 Å². The van der Waals surface area contributed by atoms with Crippen molar-refractivity contribution in [1.29, 1.82) is 0 Å². The Morgan fingerprint density at radius 1 is 0.500 bits per heavy atom. The molecule has 0 radical (unpaired) electrons. The molecule has 4 bridgehead atoms. The number of nitrogens with zero attached hydrogens (tertiary/aromatic N) is 4. The second-order valence-corrected chi connectivity index (χ2v) is 20.0. The summed E-state index contributed by atoms with van der Waals surface area (Å²) < 4.78 is 10.7. The van der Waals surface area contributed by atoms with Gasteiger partial charge in [0.25, 0.3) is 11.8 Å². The van der Waals surface area contributed by atoms with Crippen LogP contribution >= 0.6 is 23.5 Å². The predicted molar refractivity (Wildman–Crippen MR) is 240 cm³/mol. The summed E-state index contributed by atoms with van der Waals surface area (Å²) in [7, 11) is 9.85. The molecule has 0 aromatic heterocycles. The molecule has 6 aliphatic rings. The first-order chi connectivity index (χ1) is 29.7. The molecular formula is C48H54N4O8S2. The summed E-state index contributed by atoms with van der Waals surface area (Å²) in [6.07, 6.45) is 2.98. The summed E-state index contributed by atoms with van der Waals surface area (Å²) in [5.74, 6) is 0.501. The number of aliphatic hydroxyl groups is 2. The SMILES string of the molecule is COc1ccc(C2C[C@]3(Cc4ccc(CCc5ccc(C[C@]67CC(c8ccc(OC)cc8)S[C@](CO)(C(=O)N6C)N(C)C7=O)cc5)cc4)C(=O)N(C)[C@](CO)(S2)C(=O)N3C)cc1. The molecule has 10 rings (SSSR count). The van der Waals surface area contributed by atoms with E-state index in [2.05, 4.69) is 24.3 Å². The van der Waals surface area contributed by atoms with E-state index in [1.54, 1.807) is 52.2 Å². The van der Waals surface area contributed by atoms with Gasteiger partial charge < -0.3 is 39.3 Å². The van der Waals surface area contributed by atoms with Crippen LogP contribution in [0.5, 0.6) is 11.5 Å². The lowest BCUT2D eigenvalue weighted by atomic mass is 9.79. The minimum Gasteiger partial charge on any atom is -0.497 e. The summed E-state index contributed by atoms with van der Waals surface area (Å²) in [6, 6.07) is 31.8. The lowest BCUT2D eigenvalue weighted by Gasteiger charge is -2.51. The van der Waals surface area contributed by atoms with Gasteiger partial charge in [-0.15, -0.1) is 23.5 Å². The third-order valence-electron chi connectivity index (χ3n) is 13.9. The van der Waals surface area contributed by atoms with Gasteiger partial charge >= 0.3 is 0 Å². The maximum atomic E-state index is 14.4. The minimum absolute atomic E-state index is 0.185. The highest BCUT2D eigenvalue weighted by atomic mass is 32.2. The molecule has 4 aromatic carbocycles. The average Bonchev–Trinajstić information content (AvgIpc) is 3.57. The van der Waals surface area contributed by atoms with Gasteiger partial charge in [-0.05, 0) is 83.3 Å². The van der Waals surface area contributed by atoms with E-state index >= 15 is 0 Å². The Balaban J connectivity index is 0.974. The van der Waals surface area contributed by atoms with Crippen molar-refractivity contribution in [2.45, 2.75) is 69.8 Å². The fraction of sp³-hybridized carbons (Fsp3) is 0.417. The Labute approximate surface area is 371 Å². The van der Waals surface area contributed by atoms with Crippen LogP contribution in [0.1, 0.15) is 56.7 Å². The molecule has 0 spiro atoms. The van der Waals surface area contributed by atoms with Gasteiger partial charge in [0.2, 0.25) is 11.8 Å². The molecule has 6 atom stereocenters. The van der Waals surface area contributed by atoms with Gasteiger partial charge in [-0.2, -0.15) is 0 Å². The fourth-order valence-electron chi connectivity index (χ4n) is 9.89. The zero-order valence-corrected chi connectivity index (χ0v) is 37.6. The number of benzene rings is 4. The van der Waals surface area contributed by atoms with Crippen LogP contribution in [-0.2, 0) is 44.9 Å². The zero-order valence-electron chi connectivity index (χ0n) is 36.0. The first kappa shape index (κ1) is 43.6. The van der Waals surface area contributed by atoms with Gasteiger partial charge in [0.1, 0.15) is 22.6 Å². The molecule has 6 aliphatic heterocycles. The second-order valence-electron chi connectivity index (χ2n) is 17.1. The molecule has 14 heteroatoms. The van der Waals surface area contributed by atoms with Gasteiger partial charge in [-0.3, -0.25) is 19.2 Å². The summed E-state index contributed by atoms with van der Waals surface area (Å²) in [4.78, 5) is 60.1. The van der Waals surface area contributed by atoms with Crippen LogP contribution in [0.2, 0.25) is 0 Å². The van der Waals surface area contributed by atoms with Gasteiger partial charge in [-0.25, -0.2) is 0 Å². The van der Waals surface area contributed by atoms with Crippen molar-refractivity contribution in [2.75, 3.05) is 55.6 Å². The van der Waals surface area contributed by atoms with E-state index in [9.17, 15) is 29.4 Å². The Kier molecular flexibility index (Phi) is 11.7. The number of piperazine rings is 2. The first-order valence-electron chi connectivity index (χ1n) is 20.8. The highest BCUT2D eigenvalue weighted by Crippen LogP contribution is 2.57. The number of hydrogen-bond donors (Lipinski definition) is 2. The van der Waals surface area contributed by atoms with E-state index in [4.69, 9.17) is 9.47 Å². The molecule has 326 valence electrons. The Morgan fingerprint density at radius 3 is 1.13 bits per heavy atom. The van der Waals surface area contributed by atoms with Crippen molar-refractivity contribution in [3.8, 4) is 11.5 Å². The highest BCUT2D eigenvalue weighted by Gasteiger charge is 2.66. The monoisotopic (exact) mass is 878 g/mol. The number of methoxy groups -OCH3 is 2. The van der Waals surface area contributed by atoms with Crippen molar-refractivity contribution >= 4 is 47.2 Å². The van der Waals surface area contributed by atoms with Crippen LogP contribution in [0.25, 0.3) is 0 Å². The molecule has 2 N–H and O–H groups in total. The number of fused-ring (bicyclic) bond motifs is 8. The van der Waals surface area contributed by atoms with E-state index < -0.39 is 34.0 Å². The summed E-state index contributed by atoms with van der Waals surface area (Å²) in [6.45, 7) is -0.979. The highest BCUT2D eigenvalue weighted by molar-refractivity contribution is 8.02. The number of ether oxygens (including phenoxy) is 2. The number of carbonyl (C=O) groups excluding carboxylic acids is 4. The maximum absolute atomic E-state index is 14.4. The minimum atomic E-state index is -1.42. The molecule has 0 saturated carbocycles. The van der Waals surface area contributed by atoms with Crippen LogP contribution in [0.4, 0.5) is 0 Å². The molecule has 12 nitrogen and oxygen atoms in total. The van der Waals surface area contributed by atoms with Crippen molar-refractivity contribution in [1.82, 2.24) is 19.6 Å². The third kappa shape index (κ3) is 6.94. The zero-order chi connectivity index (χ0) is 44.2. The largest absolute Gasteiger partial charge is 0.497 e. The predicted octanol–water partition coefficient (Wildman–Crippen LogP) is 5.05. The van der Waals surface area contributed by atoms with Crippen LogP contribution < -0.4 is 9.47 Å². The van der Waals surface area contributed by atoms with Gasteiger partial charge in [0.15, 0.2) is 9.74 Å². The second kappa shape index (κ2) is 16.6. The number of hydrogen-bond acceptors (Lipinski definition) is 10. The molecule has 4 aromatic rings. The van der Waals surface area contributed by atoms with E-state index in [0.717, 1.165) is 46.2 Å². The molecule has 0 aliphatic carbocycles. The summed E-state index contributed by atoms with van der Waals surface area (Å²) in [5, 5.41) is 20.8. The summed E-state index contributed by atoms with van der Waals surface area (Å²) >= 11 is 2.68. The number of likely N-dealkylation sites (N-methyl/N-ethyl adjacent to an activating group) is 4. The van der Waals surface area contributed by atoms with Gasteiger partial charge in [-0.1, -0.05) is 72.8 Å². The average molecular weight is 879 g/mol. The van der Waals surface area contributed by atoms with Crippen LogP contribution in [0.3, 0.4) is 0 Å². The molecule has 2 unspecified atom stereocenters. The molecule has 6 heterocycles. The summed E-state index contributed by atoms with van der Waals surface area (Å²) in [5.41, 5.74) is 3.75. The lowest BCUT2D eigenvalue weighted by molar-refractivity contribution is -0.171. The van der Waals surface area contributed by atoms with Crippen molar-refractivity contribution in [3.05, 3.63) is 130 Å². The van der Waals surface area contributed by atoms with Crippen molar-refractivity contribution < 1.29 is 38.9 Å². The van der Waals surface area contributed by atoms with E-state index in [1.807, 2.05) is 72.8 Å². The Hall–Kier alpha value is -5.02. The fourth-order valence-corrected chi connectivity index (χ4v) is 13.2. The number of aliphatic hydroxyl groups excluding tert-OH is 2. The van der Waals surface area contributed by atoms with Crippen LogP contribution in [0, 0.1) is 0 Å². The van der Waals surface area contributed by atoms with Crippen LogP contribution in [-0.4, -0.2) is 130 Å². The van der Waals surface area contributed by atoms with E-state index in [1.165, 1.54) is 33.3 Å². The van der Waals surface area contributed by atoms with E-state index in [-0.39, 0.29) is 34.1 Å². The van der Waals surface area contributed by atoms with Crippen molar-refractivity contribution in [3.63, 3.8) is 0 Å². The lowest BCUT2D eigenvalue weighted by Crippen LogP contribution is -2.74. The number of rotatable bonds is 13. The quantitative estimate of drug-likeness (QED) is 0.188. The molecule has 6 fully saturated rings. The molecule has 4 amide bonds.